The van der Waals surface area contributed by atoms with Crippen molar-refractivity contribution in [2.45, 2.75) is 51.5 Å². The van der Waals surface area contributed by atoms with Gasteiger partial charge in [0.05, 0.1) is 19.8 Å². The van der Waals surface area contributed by atoms with Crippen molar-refractivity contribution in [3.8, 4) is 11.1 Å². The Balaban J connectivity index is 1.30. The maximum atomic E-state index is 14.3. The van der Waals surface area contributed by atoms with Gasteiger partial charge < -0.3 is 29.2 Å². The third-order valence-electron chi connectivity index (χ3n) is 8.45. The number of benzene rings is 4. The minimum atomic E-state index is -0.981. The lowest BCUT2D eigenvalue weighted by Crippen LogP contribution is -2.53. The number of ether oxygens (including phenoxy) is 4. The summed E-state index contributed by atoms with van der Waals surface area (Å²) in [5.41, 5.74) is 6.69. The first-order chi connectivity index (χ1) is 23.6. The molecule has 0 bridgehead atoms. The molecule has 48 heavy (non-hydrogen) atoms. The molecule has 5 rings (SSSR count). The number of carbonyl (C=O) groups excluding carboxylic acids is 2. The minimum absolute atomic E-state index is 0.0267. The van der Waals surface area contributed by atoms with Gasteiger partial charge in [0.1, 0.15) is 12.6 Å². The lowest BCUT2D eigenvalue weighted by atomic mass is 9.98. The van der Waals surface area contributed by atoms with E-state index in [1.54, 1.807) is 4.90 Å². The zero-order valence-electron chi connectivity index (χ0n) is 27.9. The summed E-state index contributed by atoms with van der Waals surface area (Å²) in [4.78, 5) is 29.4. The number of alkyl carbamates (subject to hydrolysis) is 1. The van der Waals surface area contributed by atoms with E-state index in [1.165, 1.54) is 5.56 Å². The molecule has 0 aromatic heterocycles. The maximum Gasteiger partial charge on any atom is 0.407 e. The summed E-state index contributed by atoms with van der Waals surface area (Å²) in [6.07, 6.45) is 0.256. The summed E-state index contributed by atoms with van der Waals surface area (Å²) < 4.78 is 23.5. The molecule has 1 N–H and O–H groups in total. The van der Waals surface area contributed by atoms with Gasteiger partial charge in [-0.15, -0.1) is 0 Å². The van der Waals surface area contributed by atoms with E-state index in [0.29, 0.717) is 26.4 Å². The smallest absolute Gasteiger partial charge is 0.407 e. The van der Waals surface area contributed by atoms with Crippen LogP contribution in [0.3, 0.4) is 0 Å². The van der Waals surface area contributed by atoms with Gasteiger partial charge in [-0.2, -0.15) is 0 Å². The van der Waals surface area contributed by atoms with Crippen LogP contribution in [0.5, 0.6) is 0 Å². The van der Waals surface area contributed by atoms with E-state index in [2.05, 4.69) is 41.7 Å². The summed E-state index contributed by atoms with van der Waals surface area (Å²) in [7, 11) is 0. The molecule has 0 radical (unpaired) electrons. The Kier molecular flexibility index (Phi) is 13.2. The van der Waals surface area contributed by atoms with E-state index in [1.807, 2.05) is 86.6 Å². The van der Waals surface area contributed by atoms with Crippen LogP contribution < -0.4 is 5.32 Å². The largest absolute Gasteiger partial charge is 0.449 e. The number of fused-ring (bicyclic) bond motifs is 3. The predicted octanol–water partition coefficient (Wildman–Crippen LogP) is 6.97. The van der Waals surface area contributed by atoms with Crippen molar-refractivity contribution in [3.63, 3.8) is 0 Å². The molecule has 0 saturated heterocycles. The quantitative estimate of drug-likeness (QED) is 0.117. The standard InChI is InChI=1S/C40H46N2O6/c1-3-46-38(47-4-2)26-42(25-15-20-30-16-7-5-8-17-30)39(43)37(29-45-27-31-18-9-6-10-19-31)41-40(44)48-28-36-34-23-13-11-21-32(34)33-22-12-14-24-35(33)36/h5-14,16-19,21-24,36-38H,3-4,15,20,25-29H2,1-2H3,(H,41,44). The highest BCUT2D eigenvalue weighted by Crippen LogP contribution is 2.44. The number of hydrogen-bond donors (Lipinski definition) is 1. The fraction of sp³-hybridized carbons (Fsp3) is 0.350. The van der Waals surface area contributed by atoms with Crippen LogP contribution in [0.15, 0.2) is 109 Å². The van der Waals surface area contributed by atoms with E-state index in [-0.39, 0.29) is 31.6 Å². The third kappa shape index (κ3) is 9.53. The van der Waals surface area contributed by atoms with Crippen molar-refractivity contribution in [3.05, 3.63) is 131 Å². The minimum Gasteiger partial charge on any atom is -0.449 e. The number of hydrogen-bond acceptors (Lipinski definition) is 6. The van der Waals surface area contributed by atoms with Crippen molar-refractivity contribution in [1.82, 2.24) is 10.2 Å². The molecular formula is C40H46N2O6. The molecule has 0 aliphatic heterocycles. The van der Waals surface area contributed by atoms with E-state index in [0.717, 1.165) is 40.7 Å². The second kappa shape index (κ2) is 18.2. The Morgan fingerprint density at radius 2 is 1.31 bits per heavy atom. The number of carbonyl (C=O) groups is 2. The van der Waals surface area contributed by atoms with Crippen LogP contribution >= 0.6 is 0 Å². The SMILES string of the molecule is CCOC(CN(CCCc1ccccc1)C(=O)C(COCc1ccccc1)NC(=O)OCC1c2ccccc2-c2ccccc21)OCC. The lowest BCUT2D eigenvalue weighted by molar-refractivity contribution is -0.160. The van der Waals surface area contributed by atoms with Crippen LogP contribution in [0.1, 0.15) is 48.4 Å². The molecule has 4 aromatic carbocycles. The van der Waals surface area contributed by atoms with Crippen molar-refractivity contribution < 1.29 is 28.5 Å². The average molecular weight is 651 g/mol. The molecule has 0 saturated carbocycles. The molecular weight excluding hydrogens is 604 g/mol. The molecule has 4 aromatic rings. The third-order valence-corrected chi connectivity index (χ3v) is 8.45. The Morgan fingerprint density at radius 1 is 0.750 bits per heavy atom. The summed E-state index contributed by atoms with van der Waals surface area (Å²) in [6, 6.07) is 35.3. The highest BCUT2D eigenvalue weighted by atomic mass is 16.7. The molecule has 0 spiro atoms. The first-order valence-corrected chi connectivity index (χ1v) is 16.9. The Hall–Kier alpha value is -4.50. The normalized spacial score (nSPS) is 12.7. The number of amides is 2. The molecule has 2 amide bonds. The monoisotopic (exact) mass is 650 g/mol. The van der Waals surface area contributed by atoms with Gasteiger partial charge in [0.15, 0.2) is 6.29 Å². The van der Waals surface area contributed by atoms with Gasteiger partial charge in [-0.05, 0) is 60.1 Å². The van der Waals surface area contributed by atoms with E-state index < -0.39 is 18.4 Å². The molecule has 1 unspecified atom stereocenters. The van der Waals surface area contributed by atoms with Gasteiger partial charge in [-0.1, -0.05) is 109 Å². The molecule has 252 valence electrons. The van der Waals surface area contributed by atoms with E-state index in [9.17, 15) is 9.59 Å². The van der Waals surface area contributed by atoms with Crippen LogP contribution in [0.4, 0.5) is 4.79 Å². The number of nitrogens with one attached hydrogen (secondary N) is 1. The van der Waals surface area contributed by atoms with Gasteiger partial charge in [0, 0.05) is 25.7 Å². The van der Waals surface area contributed by atoms with Gasteiger partial charge in [-0.3, -0.25) is 4.79 Å². The lowest BCUT2D eigenvalue weighted by Gasteiger charge is -2.31. The van der Waals surface area contributed by atoms with Gasteiger partial charge in [0.2, 0.25) is 5.91 Å². The van der Waals surface area contributed by atoms with Crippen LogP contribution in [0.25, 0.3) is 11.1 Å². The number of aryl methyl sites for hydroxylation is 1. The average Bonchev–Trinajstić information content (AvgIpc) is 3.44. The first kappa shape index (κ1) is 34.8. The van der Waals surface area contributed by atoms with Crippen molar-refractivity contribution in [2.75, 3.05) is 39.5 Å². The summed E-state index contributed by atoms with van der Waals surface area (Å²) >= 11 is 0. The summed E-state index contributed by atoms with van der Waals surface area (Å²) in [5, 5.41) is 2.84. The van der Waals surface area contributed by atoms with E-state index in [4.69, 9.17) is 18.9 Å². The maximum absolute atomic E-state index is 14.3. The van der Waals surface area contributed by atoms with Crippen LogP contribution in [0, 0.1) is 0 Å². The topological polar surface area (TPSA) is 86.3 Å². The Labute approximate surface area is 284 Å². The highest BCUT2D eigenvalue weighted by molar-refractivity contribution is 5.86. The molecule has 1 aliphatic rings. The van der Waals surface area contributed by atoms with Crippen molar-refractivity contribution in [2.24, 2.45) is 0 Å². The van der Waals surface area contributed by atoms with E-state index >= 15 is 0 Å². The van der Waals surface area contributed by atoms with Gasteiger partial charge >= 0.3 is 6.09 Å². The van der Waals surface area contributed by atoms with Crippen LogP contribution in [-0.4, -0.2) is 68.7 Å². The summed E-state index contributed by atoms with van der Waals surface area (Å²) in [6.45, 7) is 5.76. The first-order valence-electron chi connectivity index (χ1n) is 16.9. The van der Waals surface area contributed by atoms with Crippen LogP contribution in [0.2, 0.25) is 0 Å². The fourth-order valence-electron chi connectivity index (χ4n) is 6.16. The molecule has 8 heteroatoms. The van der Waals surface area contributed by atoms with Crippen LogP contribution in [-0.2, 0) is 36.8 Å². The zero-order valence-corrected chi connectivity index (χ0v) is 27.9. The highest BCUT2D eigenvalue weighted by Gasteiger charge is 2.32. The van der Waals surface area contributed by atoms with Crippen molar-refractivity contribution in [1.29, 1.82) is 0 Å². The molecule has 8 nitrogen and oxygen atoms in total. The molecule has 0 fully saturated rings. The number of nitrogens with zero attached hydrogens (tertiary/aromatic N) is 1. The van der Waals surface area contributed by atoms with Gasteiger partial charge in [0.25, 0.3) is 0 Å². The predicted molar refractivity (Wildman–Crippen MR) is 186 cm³/mol. The Morgan fingerprint density at radius 3 is 1.92 bits per heavy atom. The second-order valence-electron chi connectivity index (χ2n) is 11.7. The number of rotatable bonds is 18. The zero-order chi connectivity index (χ0) is 33.6. The Bertz CT molecular complexity index is 1530. The molecule has 0 heterocycles. The van der Waals surface area contributed by atoms with Gasteiger partial charge in [-0.25, -0.2) is 4.79 Å². The molecule has 1 aliphatic carbocycles. The second-order valence-corrected chi connectivity index (χ2v) is 11.7. The molecule has 1 atom stereocenters. The fourth-order valence-corrected chi connectivity index (χ4v) is 6.16. The van der Waals surface area contributed by atoms with Crippen molar-refractivity contribution >= 4 is 12.0 Å². The summed E-state index contributed by atoms with van der Waals surface area (Å²) in [5.74, 6) is -0.381.